The zero-order valence-corrected chi connectivity index (χ0v) is 13.4. The van der Waals surface area contributed by atoms with Crippen LogP contribution < -0.4 is 5.32 Å². The first-order valence-corrected chi connectivity index (χ1v) is 7.68. The summed E-state index contributed by atoms with van der Waals surface area (Å²) in [5.74, 6) is -0.602. The van der Waals surface area contributed by atoms with Crippen LogP contribution in [0.15, 0.2) is 27.3 Å². The van der Waals surface area contributed by atoms with Gasteiger partial charge in [0.1, 0.15) is 5.76 Å². The van der Waals surface area contributed by atoms with Crippen LogP contribution in [-0.4, -0.2) is 23.0 Å². The molecular weight excluding hydrogens is 338 g/mol. The van der Waals surface area contributed by atoms with Crippen LogP contribution in [0.4, 0.5) is 0 Å². The first-order valence-electron chi connectivity index (χ1n) is 6.89. The van der Waals surface area contributed by atoms with Gasteiger partial charge in [-0.3, -0.25) is 9.59 Å². The van der Waals surface area contributed by atoms with Crippen molar-refractivity contribution in [1.82, 2.24) is 5.32 Å². The first kappa shape index (κ1) is 15.8. The van der Waals surface area contributed by atoms with Crippen LogP contribution in [0.5, 0.6) is 0 Å². The van der Waals surface area contributed by atoms with E-state index in [1.165, 1.54) is 6.08 Å². The third-order valence-electron chi connectivity index (χ3n) is 4.01. The van der Waals surface area contributed by atoms with E-state index in [9.17, 15) is 14.7 Å². The quantitative estimate of drug-likeness (QED) is 0.812. The van der Waals surface area contributed by atoms with Gasteiger partial charge < -0.3 is 14.8 Å². The fourth-order valence-corrected chi connectivity index (χ4v) is 2.94. The Balaban J connectivity index is 2.00. The molecule has 0 saturated heterocycles. The van der Waals surface area contributed by atoms with Crippen molar-refractivity contribution in [3.05, 3.63) is 28.6 Å². The van der Waals surface area contributed by atoms with Gasteiger partial charge in [0.05, 0.1) is 5.41 Å². The van der Waals surface area contributed by atoms with Gasteiger partial charge in [-0.15, -0.1) is 0 Å². The lowest BCUT2D eigenvalue weighted by Crippen LogP contribution is -2.51. The van der Waals surface area contributed by atoms with Crippen LogP contribution >= 0.6 is 15.9 Å². The zero-order chi connectivity index (χ0) is 15.5. The molecule has 2 N–H and O–H groups in total. The van der Waals surface area contributed by atoms with Gasteiger partial charge in [0.15, 0.2) is 4.67 Å². The minimum Gasteiger partial charge on any atom is -0.481 e. The molecule has 2 unspecified atom stereocenters. The van der Waals surface area contributed by atoms with Crippen LogP contribution in [0.25, 0.3) is 6.08 Å². The molecule has 0 aromatic carbocycles. The number of rotatable bonds is 4. The van der Waals surface area contributed by atoms with Gasteiger partial charge in [0, 0.05) is 12.1 Å². The molecule has 0 spiro atoms. The molecule has 2 rings (SSSR count). The van der Waals surface area contributed by atoms with E-state index in [0.29, 0.717) is 23.3 Å². The number of furan rings is 1. The summed E-state index contributed by atoms with van der Waals surface area (Å²) in [7, 11) is 0. The van der Waals surface area contributed by atoms with E-state index in [4.69, 9.17) is 4.42 Å². The minimum absolute atomic E-state index is 0.304. The summed E-state index contributed by atoms with van der Waals surface area (Å²) in [4.78, 5) is 23.4. The number of carboxylic acids is 1. The Hall–Kier alpha value is -1.56. The molecule has 2 atom stereocenters. The number of carbonyl (C=O) groups is 2. The van der Waals surface area contributed by atoms with Crippen molar-refractivity contribution in [2.75, 3.05) is 0 Å². The largest absolute Gasteiger partial charge is 0.481 e. The van der Waals surface area contributed by atoms with E-state index < -0.39 is 11.4 Å². The van der Waals surface area contributed by atoms with Gasteiger partial charge in [-0.1, -0.05) is 12.8 Å². The van der Waals surface area contributed by atoms with Crippen LogP contribution in [-0.2, 0) is 9.59 Å². The summed E-state index contributed by atoms with van der Waals surface area (Å²) in [5.41, 5.74) is -0.893. The highest BCUT2D eigenvalue weighted by Crippen LogP contribution is 2.36. The highest BCUT2D eigenvalue weighted by atomic mass is 79.9. The number of amides is 1. The van der Waals surface area contributed by atoms with Crippen LogP contribution in [0.3, 0.4) is 0 Å². The Kier molecular flexibility index (Phi) is 4.88. The van der Waals surface area contributed by atoms with Gasteiger partial charge in [-0.2, -0.15) is 0 Å². The Morgan fingerprint density at radius 2 is 2.24 bits per heavy atom. The summed E-state index contributed by atoms with van der Waals surface area (Å²) in [6, 6.07) is 3.13. The summed E-state index contributed by atoms with van der Waals surface area (Å²) < 4.78 is 5.85. The molecule has 1 aliphatic rings. The predicted octanol–water partition coefficient (Wildman–Crippen LogP) is 3.21. The molecule has 1 aromatic rings. The zero-order valence-electron chi connectivity index (χ0n) is 11.8. The van der Waals surface area contributed by atoms with E-state index in [0.717, 1.165) is 12.8 Å². The molecule has 1 heterocycles. The maximum atomic E-state index is 12.0. The Bertz CT molecular complexity index is 566. The van der Waals surface area contributed by atoms with Crippen molar-refractivity contribution in [2.45, 2.75) is 38.6 Å². The van der Waals surface area contributed by atoms with Gasteiger partial charge in [-0.25, -0.2) is 0 Å². The molecule has 1 aliphatic carbocycles. The molecular formula is C15H18BrNO4. The van der Waals surface area contributed by atoms with Gasteiger partial charge in [0.25, 0.3) is 0 Å². The number of hydrogen-bond acceptors (Lipinski definition) is 3. The molecule has 114 valence electrons. The Morgan fingerprint density at radius 1 is 1.48 bits per heavy atom. The number of halogens is 1. The van der Waals surface area contributed by atoms with Crippen molar-refractivity contribution in [1.29, 1.82) is 0 Å². The smallest absolute Gasteiger partial charge is 0.311 e. The van der Waals surface area contributed by atoms with E-state index >= 15 is 0 Å². The first-order chi connectivity index (χ1) is 9.91. The van der Waals surface area contributed by atoms with Gasteiger partial charge in [0.2, 0.25) is 5.91 Å². The summed E-state index contributed by atoms with van der Waals surface area (Å²) >= 11 is 3.18. The van der Waals surface area contributed by atoms with Crippen LogP contribution in [0.1, 0.15) is 38.4 Å². The van der Waals surface area contributed by atoms with E-state index in [1.807, 2.05) is 0 Å². The second-order valence-electron chi connectivity index (χ2n) is 5.50. The lowest BCUT2D eigenvalue weighted by Gasteiger charge is -2.38. The maximum Gasteiger partial charge on any atom is 0.311 e. The van der Waals surface area contributed by atoms with Crippen molar-refractivity contribution in [3.63, 3.8) is 0 Å². The third-order valence-corrected chi connectivity index (χ3v) is 4.43. The minimum atomic E-state index is -0.893. The topological polar surface area (TPSA) is 79.5 Å². The molecule has 1 fully saturated rings. The Labute approximate surface area is 131 Å². The molecule has 0 bridgehead atoms. The normalized spacial score (nSPS) is 25.9. The maximum absolute atomic E-state index is 12.0. The molecule has 5 nitrogen and oxygen atoms in total. The van der Waals surface area contributed by atoms with Crippen molar-refractivity contribution >= 4 is 33.9 Å². The van der Waals surface area contributed by atoms with Crippen molar-refractivity contribution in [3.8, 4) is 0 Å². The molecule has 21 heavy (non-hydrogen) atoms. The van der Waals surface area contributed by atoms with Gasteiger partial charge >= 0.3 is 5.97 Å². The van der Waals surface area contributed by atoms with Gasteiger partial charge in [-0.05, 0) is 53.9 Å². The fraction of sp³-hybridized carbons (Fsp3) is 0.467. The second kappa shape index (κ2) is 6.47. The molecule has 1 aromatic heterocycles. The predicted molar refractivity (Wildman–Crippen MR) is 81.6 cm³/mol. The molecule has 0 radical (unpaired) electrons. The fourth-order valence-electron chi connectivity index (χ4n) is 2.62. The number of hydrogen-bond donors (Lipinski definition) is 2. The number of carboxylic acid groups (broad SMARTS) is 1. The van der Waals surface area contributed by atoms with E-state index in [-0.39, 0.29) is 11.9 Å². The number of aliphatic carboxylic acids is 1. The van der Waals surface area contributed by atoms with Crippen LogP contribution in [0.2, 0.25) is 0 Å². The summed E-state index contributed by atoms with van der Waals surface area (Å²) in [6.45, 7) is 1.70. The highest BCUT2D eigenvalue weighted by Gasteiger charge is 2.43. The lowest BCUT2D eigenvalue weighted by atomic mass is 9.71. The van der Waals surface area contributed by atoms with E-state index in [1.54, 1.807) is 25.1 Å². The highest BCUT2D eigenvalue weighted by molar-refractivity contribution is 9.10. The molecule has 1 amide bonds. The standard InChI is InChI=1S/C15H18BrNO4/c1-15(14(19)20)9-3-2-4-11(15)17-13(18)8-6-10-5-7-12(16)21-10/h5-8,11H,2-4,9H2,1H3,(H,17,18)(H,19,20)/b8-6+. The SMILES string of the molecule is CC1(C(=O)O)CCCCC1NC(=O)/C=C/c1ccc(Br)o1. The Morgan fingerprint density at radius 3 is 2.86 bits per heavy atom. The average Bonchev–Trinajstić information content (AvgIpc) is 2.85. The number of carbonyl (C=O) groups excluding carboxylic acids is 1. The number of nitrogens with one attached hydrogen (secondary N) is 1. The van der Waals surface area contributed by atoms with Crippen molar-refractivity contribution < 1.29 is 19.1 Å². The van der Waals surface area contributed by atoms with Crippen LogP contribution in [0, 0.1) is 5.41 Å². The third kappa shape index (κ3) is 3.75. The molecule has 1 saturated carbocycles. The average molecular weight is 356 g/mol. The molecule has 6 heteroatoms. The summed E-state index contributed by atoms with van der Waals surface area (Å²) in [5, 5.41) is 12.2. The summed E-state index contributed by atoms with van der Waals surface area (Å²) in [6.07, 6.45) is 6.01. The monoisotopic (exact) mass is 355 g/mol. The lowest BCUT2D eigenvalue weighted by molar-refractivity contribution is -0.151. The second-order valence-corrected chi connectivity index (χ2v) is 6.29. The molecule has 0 aliphatic heterocycles. The van der Waals surface area contributed by atoms with Crippen molar-refractivity contribution in [2.24, 2.45) is 5.41 Å². The van der Waals surface area contributed by atoms with E-state index in [2.05, 4.69) is 21.2 Å².